The van der Waals surface area contributed by atoms with Crippen LogP contribution < -0.4 is 11.1 Å². The zero-order chi connectivity index (χ0) is 13.7. The van der Waals surface area contributed by atoms with Crippen LogP contribution in [0.15, 0.2) is 0 Å². The van der Waals surface area contributed by atoms with Gasteiger partial charge in [0.15, 0.2) is 0 Å². The first-order valence-corrected chi connectivity index (χ1v) is 4.99. The van der Waals surface area contributed by atoms with Crippen molar-refractivity contribution in [1.82, 2.24) is 5.32 Å². The van der Waals surface area contributed by atoms with Crippen molar-refractivity contribution in [3.8, 4) is 0 Å². The summed E-state index contributed by atoms with van der Waals surface area (Å²) in [6.45, 7) is 1.17. The predicted molar refractivity (Wildman–Crippen MR) is 58.3 cm³/mol. The maximum atomic E-state index is 10.8. The number of unbranched alkanes of at least 4 members (excludes halogenated alkanes) is 1. The fourth-order valence-corrected chi connectivity index (χ4v) is 0.697. The number of hydrogen-bond acceptors (Lipinski definition) is 5. The Kier molecular flexibility index (Phi) is 12.9. The van der Waals surface area contributed by atoms with Crippen LogP contribution in [-0.2, 0) is 14.4 Å². The van der Waals surface area contributed by atoms with Crippen LogP contribution in [0.5, 0.6) is 0 Å². The molecule has 0 aliphatic rings. The number of aliphatic hydroxyl groups excluding tert-OH is 1. The molecule has 0 saturated heterocycles. The summed E-state index contributed by atoms with van der Waals surface area (Å²) >= 11 is 0. The Morgan fingerprint density at radius 3 is 1.94 bits per heavy atom. The molecule has 0 fully saturated rings. The maximum absolute atomic E-state index is 10.8. The Morgan fingerprint density at radius 1 is 1.06 bits per heavy atom. The van der Waals surface area contributed by atoms with Gasteiger partial charge in [0.1, 0.15) is 0 Å². The highest BCUT2D eigenvalue weighted by Crippen LogP contribution is 1.92. The van der Waals surface area contributed by atoms with Crippen LogP contribution >= 0.6 is 0 Å². The van der Waals surface area contributed by atoms with Crippen molar-refractivity contribution in [2.75, 3.05) is 19.7 Å². The normalized spacial score (nSPS) is 8.82. The van der Waals surface area contributed by atoms with Gasteiger partial charge in [-0.1, -0.05) is 0 Å². The number of rotatable bonds is 6. The average molecular weight is 250 g/mol. The molecule has 0 unspecified atom stereocenters. The topological polar surface area (TPSA) is 150 Å². The van der Waals surface area contributed by atoms with Crippen molar-refractivity contribution >= 4 is 17.8 Å². The molecule has 0 spiro atoms. The standard InChI is InChI=1S/C7H16N2O2.C2H2O4/c8-4-5-9-7(11)3-1-2-6-10;3-1(4)2(5)6/h10H,1-6,8H2,(H,9,11);(H,3,4)(H,5,6). The van der Waals surface area contributed by atoms with Gasteiger partial charge in [0.2, 0.25) is 5.91 Å². The van der Waals surface area contributed by atoms with E-state index in [9.17, 15) is 4.79 Å². The zero-order valence-corrected chi connectivity index (χ0v) is 9.39. The van der Waals surface area contributed by atoms with Crippen molar-refractivity contribution in [2.24, 2.45) is 5.73 Å². The summed E-state index contributed by atoms with van der Waals surface area (Å²) in [5.74, 6) is -3.63. The molecule has 0 atom stereocenters. The lowest BCUT2D eigenvalue weighted by Gasteiger charge is -2.01. The Bertz CT molecular complexity index is 232. The number of carboxylic acids is 2. The van der Waals surface area contributed by atoms with E-state index < -0.39 is 11.9 Å². The van der Waals surface area contributed by atoms with E-state index >= 15 is 0 Å². The number of aliphatic carboxylic acids is 2. The van der Waals surface area contributed by atoms with Gasteiger partial charge >= 0.3 is 11.9 Å². The van der Waals surface area contributed by atoms with Gasteiger partial charge in [0.25, 0.3) is 0 Å². The second-order valence-corrected chi connectivity index (χ2v) is 2.93. The molecule has 1 amide bonds. The molecule has 0 radical (unpaired) electrons. The summed E-state index contributed by atoms with van der Waals surface area (Å²) in [7, 11) is 0. The summed E-state index contributed by atoms with van der Waals surface area (Å²) < 4.78 is 0. The number of carboxylic acid groups (broad SMARTS) is 2. The minimum atomic E-state index is -1.82. The van der Waals surface area contributed by atoms with Gasteiger partial charge in [-0.05, 0) is 12.8 Å². The van der Waals surface area contributed by atoms with Gasteiger partial charge < -0.3 is 26.4 Å². The molecule has 0 heterocycles. The smallest absolute Gasteiger partial charge is 0.414 e. The van der Waals surface area contributed by atoms with E-state index in [4.69, 9.17) is 30.6 Å². The van der Waals surface area contributed by atoms with Gasteiger partial charge in [-0.2, -0.15) is 0 Å². The number of nitrogens with one attached hydrogen (secondary N) is 1. The molecule has 0 aliphatic heterocycles. The minimum Gasteiger partial charge on any atom is -0.473 e. The fraction of sp³-hybridized carbons (Fsp3) is 0.667. The SMILES string of the molecule is NCCNC(=O)CCCCO.O=C(O)C(=O)O. The molecule has 8 heteroatoms. The Morgan fingerprint density at radius 2 is 1.59 bits per heavy atom. The Balaban J connectivity index is 0. The second kappa shape index (κ2) is 12.4. The number of nitrogens with two attached hydrogens (primary N) is 1. The summed E-state index contributed by atoms with van der Waals surface area (Å²) in [5, 5.41) is 25.8. The van der Waals surface area contributed by atoms with Gasteiger partial charge in [0.05, 0.1) is 0 Å². The van der Waals surface area contributed by atoms with Crippen LogP contribution in [0.2, 0.25) is 0 Å². The molecule has 0 saturated carbocycles. The summed E-state index contributed by atoms with van der Waals surface area (Å²) in [4.78, 5) is 29.0. The minimum absolute atomic E-state index is 0.0175. The number of hydrogen-bond donors (Lipinski definition) is 5. The highest BCUT2D eigenvalue weighted by atomic mass is 16.4. The van der Waals surface area contributed by atoms with Gasteiger partial charge in [-0.15, -0.1) is 0 Å². The lowest BCUT2D eigenvalue weighted by atomic mass is 10.2. The van der Waals surface area contributed by atoms with Crippen molar-refractivity contribution < 1.29 is 29.7 Å². The summed E-state index contributed by atoms with van der Waals surface area (Å²) in [6.07, 6.45) is 1.92. The molecular formula is C9H18N2O6. The van der Waals surface area contributed by atoms with Gasteiger partial charge in [-0.25, -0.2) is 9.59 Å². The monoisotopic (exact) mass is 250 g/mol. The van der Waals surface area contributed by atoms with Crippen LogP contribution in [0, 0.1) is 0 Å². The second-order valence-electron chi connectivity index (χ2n) is 2.93. The number of carbonyl (C=O) groups is 3. The molecule has 0 aromatic rings. The summed E-state index contributed by atoms with van der Waals surface area (Å²) in [6, 6.07) is 0. The van der Waals surface area contributed by atoms with E-state index in [2.05, 4.69) is 5.32 Å². The molecule has 17 heavy (non-hydrogen) atoms. The van der Waals surface area contributed by atoms with E-state index in [0.29, 0.717) is 25.9 Å². The lowest BCUT2D eigenvalue weighted by Crippen LogP contribution is -2.28. The van der Waals surface area contributed by atoms with Crippen LogP contribution in [0.1, 0.15) is 19.3 Å². The maximum Gasteiger partial charge on any atom is 0.414 e. The highest BCUT2D eigenvalue weighted by Gasteiger charge is 2.04. The van der Waals surface area contributed by atoms with E-state index in [1.165, 1.54) is 0 Å². The fourth-order valence-electron chi connectivity index (χ4n) is 0.697. The zero-order valence-electron chi connectivity index (χ0n) is 9.39. The van der Waals surface area contributed by atoms with Crippen molar-refractivity contribution in [2.45, 2.75) is 19.3 Å². The first kappa shape index (κ1) is 17.7. The van der Waals surface area contributed by atoms with Crippen molar-refractivity contribution in [1.29, 1.82) is 0 Å². The number of aliphatic hydroxyl groups is 1. The van der Waals surface area contributed by atoms with Crippen LogP contribution in [0.25, 0.3) is 0 Å². The molecule has 0 bridgehead atoms. The molecular weight excluding hydrogens is 232 g/mol. The highest BCUT2D eigenvalue weighted by molar-refractivity contribution is 6.27. The van der Waals surface area contributed by atoms with Crippen LogP contribution in [0.3, 0.4) is 0 Å². The average Bonchev–Trinajstić information content (AvgIpc) is 2.27. The molecule has 6 N–H and O–H groups in total. The number of carbonyl (C=O) groups excluding carboxylic acids is 1. The lowest BCUT2D eigenvalue weighted by molar-refractivity contribution is -0.159. The predicted octanol–water partition coefficient (Wildman–Crippen LogP) is -1.62. The first-order valence-electron chi connectivity index (χ1n) is 4.99. The van der Waals surface area contributed by atoms with Gasteiger partial charge in [0, 0.05) is 26.1 Å². The number of amides is 1. The van der Waals surface area contributed by atoms with E-state index in [1.54, 1.807) is 0 Å². The molecule has 0 rings (SSSR count). The van der Waals surface area contributed by atoms with Crippen molar-refractivity contribution in [3.05, 3.63) is 0 Å². The van der Waals surface area contributed by atoms with Crippen LogP contribution in [-0.4, -0.2) is 52.9 Å². The molecule has 0 aromatic heterocycles. The van der Waals surface area contributed by atoms with Crippen molar-refractivity contribution in [3.63, 3.8) is 0 Å². The third-order valence-corrected chi connectivity index (χ3v) is 1.46. The molecule has 100 valence electrons. The van der Waals surface area contributed by atoms with Gasteiger partial charge in [-0.3, -0.25) is 4.79 Å². The largest absolute Gasteiger partial charge is 0.473 e. The van der Waals surface area contributed by atoms with E-state index in [-0.39, 0.29) is 12.5 Å². The molecule has 0 aliphatic carbocycles. The third kappa shape index (κ3) is 17.0. The third-order valence-electron chi connectivity index (χ3n) is 1.46. The first-order chi connectivity index (χ1) is 7.95. The van der Waals surface area contributed by atoms with Crippen LogP contribution in [0.4, 0.5) is 0 Å². The van der Waals surface area contributed by atoms with E-state index in [0.717, 1.165) is 6.42 Å². The Labute approximate surface area is 98.4 Å². The summed E-state index contributed by atoms with van der Waals surface area (Å²) in [5.41, 5.74) is 5.18. The molecule has 0 aromatic carbocycles. The molecule has 8 nitrogen and oxygen atoms in total. The quantitative estimate of drug-likeness (QED) is 0.281. The van der Waals surface area contributed by atoms with E-state index in [1.807, 2.05) is 0 Å². The Hall–Kier alpha value is -1.67.